The molecule has 2 saturated carbocycles. The molecule has 4 aliphatic rings. The minimum atomic E-state index is -0.177. The molecule has 0 bridgehead atoms. The maximum atomic E-state index is 11.1. The van der Waals surface area contributed by atoms with Crippen LogP contribution in [0, 0.1) is 22.7 Å². The van der Waals surface area contributed by atoms with E-state index in [2.05, 4.69) is 30.5 Å². The molecule has 35 heavy (non-hydrogen) atoms. The molecule has 0 aromatic heterocycles. The van der Waals surface area contributed by atoms with Crippen LogP contribution in [-0.4, -0.2) is 40.9 Å². The van der Waals surface area contributed by atoms with Gasteiger partial charge in [-0.1, -0.05) is 51.2 Å². The fourth-order valence-corrected chi connectivity index (χ4v) is 9.15. The molecule has 1 aromatic carbocycles. The number of hydrogen-bond acceptors (Lipinski definition) is 3. The van der Waals surface area contributed by atoms with Crippen LogP contribution in [0.2, 0.25) is 0 Å². The van der Waals surface area contributed by atoms with E-state index in [1.54, 1.807) is 0 Å². The van der Waals surface area contributed by atoms with Crippen molar-refractivity contribution in [1.82, 2.24) is 4.90 Å². The molecule has 5 rings (SSSR count). The van der Waals surface area contributed by atoms with Crippen molar-refractivity contribution >= 4 is 0 Å². The van der Waals surface area contributed by atoms with Crippen molar-refractivity contribution in [2.24, 2.45) is 22.7 Å². The topological polar surface area (TPSA) is 43.7 Å². The lowest BCUT2D eigenvalue weighted by Crippen LogP contribution is -2.54. The summed E-state index contributed by atoms with van der Waals surface area (Å²) < 4.78 is 0. The zero-order chi connectivity index (χ0) is 24.5. The number of nitrogens with zero attached hydrogens (tertiary/aromatic N) is 1. The van der Waals surface area contributed by atoms with Crippen molar-refractivity contribution in [3.8, 4) is 5.75 Å². The summed E-state index contributed by atoms with van der Waals surface area (Å²) in [7, 11) is 0. The maximum Gasteiger partial charge on any atom is 0.115 e. The van der Waals surface area contributed by atoms with Crippen molar-refractivity contribution in [2.75, 3.05) is 19.6 Å². The highest BCUT2D eigenvalue weighted by Crippen LogP contribution is 2.69. The van der Waals surface area contributed by atoms with E-state index in [-0.39, 0.29) is 16.9 Å². The summed E-state index contributed by atoms with van der Waals surface area (Å²) >= 11 is 0. The number of aromatic hydroxyl groups is 1. The van der Waals surface area contributed by atoms with E-state index in [4.69, 9.17) is 0 Å². The fourth-order valence-electron chi connectivity index (χ4n) is 9.15. The number of phenolic OH excluding ortho intramolecular Hbond substituents is 1. The Morgan fingerprint density at radius 2 is 1.83 bits per heavy atom. The number of allylic oxidation sites excluding steroid dienone is 1. The van der Waals surface area contributed by atoms with Crippen LogP contribution in [0.15, 0.2) is 30.9 Å². The van der Waals surface area contributed by atoms with Crippen molar-refractivity contribution in [3.05, 3.63) is 42.0 Å². The Balaban J connectivity index is 1.26. The van der Waals surface area contributed by atoms with Gasteiger partial charge in [-0.3, -0.25) is 0 Å². The van der Waals surface area contributed by atoms with E-state index in [1.165, 1.54) is 88.5 Å². The molecule has 1 aromatic rings. The van der Waals surface area contributed by atoms with E-state index in [1.807, 2.05) is 12.1 Å². The second-order valence-electron chi connectivity index (χ2n) is 12.8. The quantitative estimate of drug-likeness (QED) is 0.290. The molecular formula is C32H49NO2. The summed E-state index contributed by atoms with van der Waals surface area (Å²) in [6.07, 6.45) is 19.6. The fraction of sp³-hybridized carbons (Fsp3) is 0.750. The van der Waals surface area contributed by atoms with E-state index in [9.17, 15) is 10.2 Å². The van der Waals surface area contributed by atoms with Crippen molar-refractivity contribution < 1.29 is 10.2 Å². The third-order valence-corrected chi connectivity index (χ3v) is 10.9. The standard InChI is InChI=1S/C32H49NO2/c1-3-32-18-17-24-22-26(34)13-14-27(24)30(32)25(23-31(2)28(32)15-16-29(31)35)12-8-5-4-6-9-19-33-20-10-7-11-21-33/h3,13-14,22,25,28-30,34-35H,1,4-12,15-21,23H2,2H3/t25-,28+,29-,30+,31-,32-/m0/s1. The van der Waals surface area contributed by atoms with Gasteiger partial charge in [0.1, 0.15) is 5.75 Å². The predicted molar refractivity (Wildman–Crippen MR) is 145 cm³/mol. The normalized spacial score (nSPS) is 36.9. The first-order chi connectivity index (χ1) is 17.0. The largest absolute Gasteiger partial charge is 0.508 e. The highest BCUT2D eigenvalue weighted by atomic mass is 16.3. The lowest BCUT2D eigenvalue weighted by molar-refractivity contribution is -0.0812. The van der Waals surface area contributed by atoms with Crippen LogP contribution in [-0.2, 0) is 6.42 Å². The monoisotopic (exact) mass is 479 g/mol. The first-order valence-corrected chi connectivity index (χ1v) is 14.8. The molecule has 3 nitrogen and oxygen atoms in total. The van der Waals surface area contributed by atoms with Gasteiger partial charge in [-0.25, -0.2) is 0 Å². The Morgan fingerprint density at radius 1 is 1.06 bits per heavy atom. The van der Waals surface area contributed by atoms with Crippen molar-refractivity contribution in [2.45, 2.75) is 109 Å². The second-order valence-corrected chi connectivity index (χ2v) is 12.8. The van der Waals surface area contributed by atoms with Crippen LogP contribution < -0.4 is 0 Å². The van der Waals surface area contributed by atoms with Crippen LogP contribution in [0.3, 0.4) is 0 Å². The molecule has 3 fully saturated rings. The first-order valence-electron chi connectivity index (χ1n) is 14.8. The van der Waals surface area contributed by atoms with Gasteiger partial charge in [0.25, 0.3) is 0 Å². The van der Waals surface area contributed by atoms with Crippen molar-refractivity contribution in [1.29, 1.82) is 0 Å². The minimum Gasteiger partial charge on any atom is -0.508 e. The zero-order valence-electron chi connectivity index (χ0n) is 22.2. The van der Waals surface area contributed by atoms with Crippen LogP contribution in [0.4, 0.5) is 0 Å². The number of piperidine rings is 1. The summed E-state index contributed by atoms with van der Waals surface area (Å²) in [5, 5.41) is 21.3. The first kappa shape index (κ1) is 25.3. The van der Waals surface area contributed by atoms with Gasteiger partial charge in [0.15, 0.2) is 0 Å². The van der Waals surface area contributed by atoms with Crippen LogP contribution in [0.25, 0.3) is 0 Å². The summed E-state index contributed by atoms with van der Waals surface area (Å²) in [5.74, 6) is 1.97. The number of likely N-dealkylation sites (tertiary alicyclic amines) is 1. The summed E-state index contributed by atoms with van der Waals surface area (Å²) in [6, 6.07) is 6.13. The summed E-state index contributed by atoms with van der Waals surface area (Å²) in [4.78, 5) is 2.67. The number of fused-ring (bicyclic) bond motifs is 5. The molecular weight excluding hydrogens is 430 g/mol. The van der Waals surface area contributed by atoms with Gasteiger partial charge in [-0.15, -0.1) is 6.58 Å². The Kier molecular flexibility index (Phi) is 7.66. The SMILES string of the molecule is C=C[C@@]12CCc3cc(O)ccc3[C@H]1[C@@H](CCCCCCCN1CCCCC1)C[C@@]1(C)[C@H]2CC[C@@H]1O. The predicted octanol–water partition coefficient (Wildman–Crippen LogP) is 7.22. The molecule has 194 valence electrons. The molecule has 6 atom stereocenters. The van der Waals surface area contributed by atoms with Gasteiger partial charge >= 0.3 is 0 Å². The number of aryl methyl sites for hydroxylation is 1. The number of aliphatic hydroxyl groups is 1. The third kappa shape index (κ3) is 4.73. The number of benzene rings is 1. The average molecular weight is 480 g/mol. The van der Waals surface area contributed by atoms with Crippen LogP contribution in [0.5, 0.6) is 5.75 Å². The average Bonchev–Trinajstić information content (AvgIpc) is 3.17. The Labute approximate surface area is 214 Å². The summed E-state index contributed by atoms with van der Waals surface area (Å²) in [6.45, 7) is 10.8. The molecule has 1 aliphatic heterocycles. The summed E-state index contributed by atoms with van der Waals surface area (Å²) in [5.41, 5.74) is 2.90. The molecule has 3 heteroatoms. The third-order valence-electron chi connectivity index (χ3n) is 10.9. The number of phenols is 1. The van der Waals surface area contributed by atoms with E-state index >= 15 is 0 Å². The van der Waals surface area contributed by atoms with Gasteiger partial charge in [-0.2, -0.15) is 0 Å². The minimum absolute atomic E-state index is 0.0121. The smallest absolute Gasteiger partial charge is 0.115 e. The molecule has 0 spiro atoms. The second kappa shape index (κ2) is 10.6. The number of aliphatic hydroxyl groups excluding tert-OH is 1. The Morgan fingerprint density at radius 3 is 2.63 bits per heavy atom. The van der Waals surface area contributed by atoms with Crippen LogP contribution in [0.1, 0.15) is 107 Å². The van der Waals surface area contributed by atoms with Gasteiger partial charge in [-0.05, 0) is 129 Å². The zero-order valence-corrected chi connectivity index (χ0v) is 22.2. The number of unbranched alkanes of at least 4 members (excludes halogenated alkanes) is 4. The Bertz CT molecular complexity index is 876. The van der Waals surface area contributed by atoms with Gasteiger partial charge in [0.2, 0.25) is 0 Å². The molecule has 0 amide bonds. The maximum absolute atomic E-state index is 11.1. The molecule has 0 radical (unpaired) electrons. The molecule has 2 N–H and O–H groups in total. The molecule has 1 heterocycles. The highest BCUT2D eigenvalue weighted by Gasteiger charge is 2.63. The van der Waals surface area contributed by atoms with Gasteiger partial charge in [0.05, 0.1) is 6.10 Å². The van der Waals surface area contributed by atoms with Gasteiger partial charge in [0, 0.05) is 0 Å². The molecule has 0 unspecified atom stereocenters. The number of hydrogen-bond donors (Lipinski definition) is 2. The lowest BCUT2D eigenvalue weighted by Gasteiger charge is -2.60. The highest BCUT2D eigenvalue weighted by molar-refractivity contribution is 5.43. The van der Waals surface area contributed by atoms with E-state index < -0.39 is 0 Å². The van der Waals surface area contributed by atoms with Crippen molar-refractivity contribution in [3.63, 3.8) is 0 Å². The van der Waals surface area contributed by atoms with E-state index in [0.717, 1.165) is 32.1 Å². The van der Waals surface area contributed by atoms with Crippen LogP contribution >= 0.6 is 0 Å². The van der Waals surface area contributed by atoms with Gasteiger partial charge < -0.3 is 15.1 Å². The number of rotatable bonds is 9. The molecule has 3 aliphatic carbocycles. The van der Waals surface area contributed by atoms with E-state index in [0.29, 0.717) is 23.5 Å². The molecule has 1 saturated heterocycles. The lowest BCUT2D eigenvalue weighted by atomic mass is 9.44. The Hall–Kier alpha value is -1.32.